The number of hydrogen-bond acceptors (Lipinski definition) is 2. The molecule has 0 radical (unpaired) electrons. The third-order valence-corrected chi connectivity index (χ3v) is 2.74. The Kier molecular flexibility index (Phi) is 3.49. The molecular formula is C10H17NO3. The van der Waals surface area contributed by atoms with Crippen LogP contribution in [0.4, 0.5) is 0 Å². The van der Waals surface area contributed by atoms with Crippen LogP contribution in [0.3, 0.4) is 0 Å². The molecule has 1 amide bonds. The number of carbonyl (C=O) groups excluding carboxylic acids is 1. The van der Waals surface area contributed by atoms with Crippen LogP contribution in [0.5, 0.6) is 0 Å². The molecule has 1 saturated carbocycles. The summed E-state index contributed by atoms with van der Waals surface area (Å²) >= 11 is 0. The summed E-state index contributed by atoms with van der Waals surface area (Å²) in [5.74, 6) is -0.428. The molecule has 3 atom stereocenters. The summed E-state index contributed by atoms with van der Waals surface area (Å²) in [6.07, 6.45) is 1.47. The summed E-state index contributed by atoms with van der Waals surface area (Å²) in [6.45, 7) is 4.16. The second kappa shape index (κ2) is 4.44. The molecule has 4 nitrogen and oxygen atoms in total. The van der Waals surface area contributed by atoms with Crippen molar-refractivity contribution in [2.45, 2.75) is 26.7 Å². The molecule has 0 aliphatic heterocycles. The number of carboxylic acids is 1. The Labute approximate surface area is 83.7 Å². The van der Waals surface area contributed by atoms with E-state index in [9.17, 15) is 9.59 Å². The van der Waals surface area contributed by atoms with Crippen molar-refractivity contribution in [3.8, 4) is 0 Å². The molecule has 0 aromatic rings. The highest BCUT2D eigenvalue weighted by Crippen LogP contribution is 2.37. The predicted molar refractivity (Wildman–Crippen MR) is 51.7 cm³/mol. The average Bonchev–Trinajstić information content (AvgIpc) is 2.82. The van der Waals surface area contributed by atoms with Crippen LogP contribution in [0.15, 0.2) is 0 Å². The zero-order chi connectivity index (χ0) is 10.7. The van der Waals surface area contributed by atoms with Gasteiger partial charge in [0.2, 0.25) is 5.91 Å². The van der Waals surface area contributed by atoms with Crippen LogP contribution in [0, 0.1) is 17.8 Å². The quantitative estimate of drug-likeness (QED) is 0.690. The van der Waals surface area contributed by atoms with Gasteiger partial charge in [0.05, 0.1) is 5.92 Å². The molecule has 0 heterocycles. The standard InChI is InChI=1S/C10H17NO3/c1-6(10(13)14)3-4-11-9(12)8-5-7(8)2/h6-8H,3-5H2,1-2H3,(H,11,12)(H,13,14). The van der Waals surface area contributed by atoms with Gasteiger partial charge in [0.25, 0.3) is 0 Å². The van der Waals surface area contributed by atoms with Gasteiger partial charge in [0, 0.05) is 12.5 Å². The summed E-state index contributed by atoms with van der Waals surface area (Å²) in [7, 11) is 0. The monoisotopic (exact) mass is 199 g/mol. The van der Waals surface area contributed by atoms with E-state index < -0.39 is 5.97 Å². The predicted octanol–water partition coefficient (Wildman–Crippen LogP) is 0.869. The van der Waals surface area contributed by atoms with E-state index in [1.54, 1.807) is 6.92 Å². The van der Waals surface area contributed by atoms with E-state index in [2.05, 4.69) is 5.32 Å². The molecule has 2 N–H and O–H groups in total. The Morgan fingerprint density at radius 2 is 2.14 bits per heavy atom. The molecule has 0 aromatic heterocycles. The van der Waals surface area contributed by atoms with Crippen molar-refractivity contribution >= 4 is 11.9 Å². The molecule has 4 heteroatoms. The van der Waals surface area contributed by atoms with Crippen molar-refractivity contribution in [3.05, 3.63) is 0 Å². The topological polar surface area (TPSA) is 66.4 Å². The number of rotatable bonds is 5. The number of aliphatic carboxylic acids is 1. The minimum Gasteiger partial charge on any atom is -0.481 e. The normalized spacial score (nSPS) is 26.7. The first kappa shape index (κ1) is 11.0. The van der Waals surface area contributed by atoms with E-state index in [0.29, 0.717) is 18.9 Å². The Bertz CT molecular complexity index is 240. The fraction of sp³-hybridized carbons (Fsp3) is 0.800. The molecular weight excluding hydrogens is 182 g/mol. The zero-order valence-electron chi connectivity index (χ0n) is 8.62. The SMILES string of the molecule is CC(CCNC(=O)C1CC1C)C(=O)O. The van der Waals surface area contributed by atoms with Crippen molar-refractivity contribution in [1.29, 1.82) is 0 Å². The van der Waals surface area contributed by atoms with Gasteiger partial charge < -0.3 is 10.4 Å². The molecule has 0 bridgehead atoms. The fourth-order valence-electron chi connectivity index (χ4n) is 1.35. The first-order chi connectivity index (χ1) is 6.52. The Morgan fingerprint density at radius 3 is 2.57 bits per heavy atom. The largest absolute Gasteiger partial charge is 0.481 e. The number of carbonyl (C=O) groups is 2. The molecule has 14 heavy (non-hydrogen) atoms. The van der Waals surface area contributed by atoms with Crippen molar-refractivity contribution in [1.82, 2.24) is 5.32 Å². The summed E-state index contributed by atoms with van der Waals surface area (Å²) in [4.78, 5) is 21.8. The van der Waals surface area contributed by atoms with Gasteiger partial charge in [-0.1, -0.05) is 13.8 Å². The van der Waals surface area contributed by atoms with E-state index in [-0.39, 0.29) is 17.7 Å². The maximum absolute atomic E-state index is 11.3. The number of carboxylic acid groups (broad SMARTS) is 1. The lowest BCUT2D eigenvalue weighted by Gasteiger charge is -2.07. The Balaban J connectivity index is 2.09. The van der Waals surface area contributed by atoms with E-state index in [1.165, 1.54) is 0 Å². The highest BCUT2D eigenvalue weighted by atomic mass is 16.4. The fourth-order valence-corrected chi connectivity index (χ4v) is 1.35. The Morgan fingerprint density at radius 1 is 1.57 bits per heavy atom. The van der Waals surface area contributed by atoms with Crippen molar-refractivity contribution < 1.29 is 14.7 Å². The third kappa shape index (κ3) is 3.01. The Hall–Kier alpha value is -1.06. The molecule has 0 aromatic carbocycles. The van der Waals surface area contributed by atoms with Gasteiger partial charge in [0.15, 0.2) is 0 Å². The smallest absolute Gasteiger partial charge is 0.306 e. The van der Waals surface area contributed by atoms with E-state index in [4.69, 9.17) is 5.11 Å². The second-order valence-electron chi connectivity index (χ2n) is 4.14. The van der Waals surface area contributed by atoms with E-state index >= 15 is 0 Å². The first-order valence-corrected chi connectivity index (χ1v) is 5.03. The number of nitrogens with one attached hydrogen (secondary N) is 1. The van der Waals surface area contributed by atoms with Crippen molar-refractivity contribution in [2.75, 3.05) is 6.54 Å². The van der Waals surface area contributed by atoms with Crippen LogP contribution >= 0.6 is 0 Å². The maximum Gasteiger partial charge on any atom is 0.306 e. The van der Waals surface area contributed by atoms with Gasteiger partial charge in [-0.15, -0.1) is 0 Å². The van der Waals surface area contributed by atoms with Crippen LogP contribution in [0.2, 0.25) is 0 Å². The van der Waals surface area contributed by atoms with Crippen LogP contribution in [0.1, 0.15) is 26.7 Å². The lowest BCUT2D eigenvalue weighted by molar-refractivity contribution is -0.141. The van der Waals surface area contributed by atoms with E-state index in [0.717, 1.165) is 6.42 Å². The maximum atomic E-state index is 11.3. The minimum absolute atomic E-state index is 0.0788. The van der Waals surface area contributed by atoms with Crippen LogP contribution in [-0.4, -0.2) is 23.5 Å². The van der Waals surface area contributed by atoms with Gasteiger partial charge in [-0.3, -0.25) is 9.59 Å². The molecule has 1 aliphatic rings. The third-order valence-electron chi connectivity index (χ3n) is 2.74. The van der Waals surface area contributed by atoms with Crippen LogP contribution in [-0.2, 0) is 9.59 Å². The molecule has 0 saturated heterocycles. The zero-order valence-corrected chi connectivity index (χ0v) is 8.62. The molecule has 0 spiro atoms. The minimum atomic E-state index is -0.806. The summed E-state index contributed by atoms with van der Waals surface area (Å²) in [5.41, 5.74) is 0. The van der Waals surface area contributed by atoms with Gasteiger partial charge in [-0.05, 0) is 18.8 Å². The van der Waals surface area contributed by atoms with Crippen LogP contribution in [0.25, 0.3) is 0 Å². The highest BCUT2D eigenvalue weighted by molar-refractivity contribution is 5.81. The number of hydrogen-bond donors (Lipinski definition) is 2. The molecule has 1 fully saturated rings. The van der Waals surface area contributed by atoms with Gasteiger partial charge in [-0.2, -0.15) is 0 Å². The summed E-state index contributed by atoms with van der Waals surface area (Å²) in [6, 6.07) is 0. The van der Waals surface area contributed by atoms with Gasteiger partial charge in [0.1, 0.15) is 0 Å². The molecule has 1 aliphatic carbocycles. The highest BCUT2D eigenvalue weighted by Gasteiger charge is 2.38. The lowest BCUT2D eigenvalue weighted by Crippen LogP contribution is -2.28. The molecule has 80 valence electrons. The lowest BCUT2D eigenvalue weighted by atomic mass is 10.1. The van der Waals surface area contributed by atoms with Gasteiger partial charge in [-0.25, -0.2) is 0 Å². The summed E-state index contributed by atoms with van der Waals surface area (Å²) < 4.78 is 0. The number of amides is 1. The average molecular weight is 199 g/mol. The van der Waals surface area contributed by atoms with Crippen molar-refractivity contribution in [2.24, 2.45) is 17.8 Å². The summed E-state index contributed by atoms with van der Waals surface area (Å²) in [5, 5.41) is 11.4. The first-order valence-electron chi connectivity index (χ1n) is 5.03. The van der Waals surface area contributed by atoms with E-state index in [1.807, 2.05) is 6.92 Å². The molecule has 3 unspecified atom stereocenters. The van der Waals surface area contributed by atoms with Crippen molar-refractivity contribution in [3.63, 3.8) is 0 Å². The molecule has 1 rings (SSSR count). The second-order valence-corrected chi connectivity index (χ2v) is 4.14. The van der Waals surface area contributed by atoms with Crippen LogP contribution < -0.4 is 5.32 Å². The van der Waals surface area contributed by atoms with Gasteiger partial charge >= 0.3 is 5.97 Å².